The molecule has 5 heteroatoms. The number of fused-ring (bicyclic) bond motifs is 1. The molecular formula is C19H19N3OS. The molecule has 3 rings (SSSR count). The van der Waals surface area contributed by atoms with Gasteiger partial charge >= 0.3 is 0 Å². The molecule has 24 heavy (non-hydrogen) atoms. The number of carbonyl (C=O) groups excluding carboxylic acids is 1. The minimum absolute atomic E-state index is 0.161. The largest absolute Gasteiger partial charge is 0.377 e. The van der Waals surface area contributed by atoms with Gasteiger partial charge in [-0.2, -0.15) is 0 Å². The summed E-state index contributed by atoms with van der Waals surface area (Å²) in [6.07, 6.45) is 3.27. The maximum Gasteiger partial charge on any atom is 0.248 e. The number of aryl methyl sites for hydroxylation is 1. The Hall–Kier alpha value is -2.66. The molecule has 0 radical (unpaired) electrons. The van der Waals surface area contributed by atoms with Gasteiger partial charge in [0.1, 0.15) is 5.01 Å². The van der Waals surface area contributed by atoms with E-state index >= 15 is 0 Å². The molecule has 3 aromatic rings. The Kier molecular flexibility index (Phi) is 4.62. The highest BCUT2D eigenvalue weighted by Gasteiger charge is 2.04. The number of anilines is 2. The van der Waals surface area contributed by atoms with Crippen molar-refractivity contribution in [1.29, 1.82) is 0 Å². The summed E-state index contributed by atoms with van der Waals surface area (Å²) in [5.74, 6) is -0.161. The molecule has 1 heterocycles. The van der Waals surface area contributed by atoms with E-state index in [0.29, 0.717) is 0 Å². The third-order valence-electron chi connectivity index (χ3n) is 3.63. The quantitative estimate of drug-likeness (QED) is 0.721. The molecule has 0 spiro atoms. The van der Waals surface area contributed by atoms with E-state index in [4.69, 9.17) is 0 Å². The fourth-order valence-corrected chi connectivity index (χ4v) is 3.40. The third-order valence-corrected chi connectivity index (χ3v) is 4.64. The average Bonchev–Trinajstić information content (AvgIpc) is 2.95. The monoisotopic (exact) mass is 337 g/mol. The van der Waals surface area contributed by atoms with Gasteiger partial charge in [-0.05, 0) is 48.9 Å². The predicted molar refractivity (Wildman–Crippen MR) is 103 cm³/mol. The summed E-state index contributed by atoms with van der Waals surface area (Å²) in [5.41, 5.74) is 4.00. The number of nitrogens with zero attached hydrogens (tertiary/aromatic N) is 2. The van der Waals surface area contributed by atoms with Gasteiger partial charge in [0.25, 0.3) is 0 Å². The summed E-state index contributed by atoms with van der Waals surface area (Å²) in [5, 5.41) is 3.71. The Morgan fingerprint density at radius 3 is 2.71 bits per heavy atom. The summed E-state index contributed by atoms with van der Waals surface area (Å²) >= 11 is 1.57. The summed E-state index contributed by atoms with van der Waals surface area (Å²) < 4.78 is 1.12. The van der Waals surface area contributed by atoms with Crippen LogP contribution >= 0.6 is 11.3 Å². The Morgan fingerprint density at radius 2 is 2.00 bits per heavy atom. The van der Waals surface area contributed by atoms with Gasteiger partial charge in [-0.3, -0.25) is 4.79 Å². The van der Waals surface area contributed by atoms with Crippen LogP contribution in [0.4, 0.5) is 11.4 Å². The lowest BCUT2D eigenvalue weighted by molar-refractivity contribution is -0.111. The van der Waals surface area contributed by atoms with Crippen LogP contribution in [0.2, 0.25) is 0 Å². The van der Waals surface area contributed by atoms with Crippen molar-refractivity contribution in [3.05, 3.63) is 59.1 Å². The van der Waals surface area contributed by atoms with E-state index in [9.17, 15) is 4.79 Å². The smallest absolute Gasteiger partial charge is 0.248 e. The molecule has 122 valence electrons. The fourth-order valence-electron chi connectivity index (χ4n) is 2.53. The van der Waals surface area contributed by atoms with Gasteiger partial charge in [-0.15, -0.1) is 11.3 Å². The second-order valence-electron chi connectivity index (χ2n) is 5.74. The van der Waals surface area contributed by atoms with Gasteiger partial charge in [-0.1, -0.05) is 12.1 Å². The fraction of sp³-hybridized carbons (Fsp3) is 0.158. The lowest BCUT2D eigenvalue weighted by atomic mass is 10.1. The summed E-state index contributed by atoms with van der Waals surface area (Å²) in [6, 6.07) is 13.8. The Morgan fingerprint density at radius 1 is 1.21 bits per heavy atom. The van der Waals surface area contributed by atoms with Gasteiger partial charge in [0.2, 0.25) is 5.91 Å². The normalized spacial score (nSPS) is 11.1. The number of aromatic nitrogens is 1. The van der Waals surface area contributed by atoms with Crippen molar-refractivity contribution in [2.45, 2.75) is 6.92 Å². The van der Waals surface area contributed by atoms with Crippen LogP contribution in [0.15, 0.2) is 48.5 Å². The number of benzene rings is 2. The minimum Gasteiger partial charge on any atom is -0.377 e. The second kappa shape index (κ2) is 6.84. The molecule has 4 nitrogen and oxygen atoms in total. The number of hydrogen-bond donors (Lipinski definition) is 1. The van der Waals surface area contributed by atoms with Crippen molar-refractivity contribution < 1.29 is 4.79 Å². The molecule has 1 aromatic heterocycles. The van der Waals surface area contributed by atoms with Crippen LogP contribution in [-0.2, 0) is 4.79 Å². The lowest BCUT2D eigenvalue weighted by Crippen LogP contribution is -2.11. The Balaban J connectivity index is 1.70. The van der Waals surface area contributed by atoms with Crippen molar-refractivity contribution in [3.8, 4) is 0 Å². The molecule has 2 aromatic carbocycles. The zero-order valence-electron chi connectivity index (χ0n) is 13.9. The Labute approximate surface area is 145 Å². The third kappa shape index (κ3) is 3.63. The highest BCUT2D eigenvalue weighted by atomic mass is 32.1. The molecule has 0 aliphatic carbocycles. The van der Waals surface area contributed by atoms with Crippen LogP contribution in [0.3, 0.4) is 0 Å². The summed E-state index contributed by atoms with van der Waals surface area (Å²) in [7, 11) is 4.00. The van der Waals surface area contributed by atoms with Crippen LogP contribution in [0.25, 0.3) is 16.3 Å². The SMILES string of the molecule is Cc1cc(NC(=O)/C=C/c2nc3ccccc3s2)ccc1N(C)C. The standard InChI is InChI=1S/C19H19N3OS/c1-13-12-14(8-9-16(13)22(2)3)20-18(23)10-11-19-21-15-6-4-5-7-17(15)24-19/h4-12H,1-3H3,(H,20,23)/b11-10+. The van der Waals surface area contributed by atoms with Crippen LogP contribution in [0.5, 0.6) is 0 Å². The molecule has 0 aliphatic heterocycles. The highest BCUT2D eigenvalue weighted by Crippen LogP contribution is 2.23. The molecular weight excluding hydrogens is 318 g/mol. The van der Waals surface area contributed by atoms with Gasteiger partial charge < -0.3 is 10.2 Å². The highest BCUT2D eigenvalue weighted by molar-refractivity contribution is 7.19. The summed E-state index contributed by atoms with van der Waals surface area (Å²) in [4.78, 5) is 18.6. The number of thiazole rings is 1. The van der Waals surface area contributed by atoms with E-state index in [-0.39, 0.29) is 5.91 Å². The molecule has 0 aliphatic rings. The van der Waals surface area contributed by atoms with E-state index in [1.54, 1.807) is 17.4 Å². The topological polar surface area (TPSA) is 45.2 Å². The van der Waals surface area contributed by atoms with E-state index in [2.05, 4.69) is 10.3 Å². The van der Waals surface area contributed by atoms with Crippen molar-refractivity contribution >= 4 is 44.9 Å². The number of para-hydroxylation sites is 1. The minimum atomic E-state index is -0.161. The lowest BCUT2D eigenvalue weighted by Gasteiger charge is -2.16. The first-order chi connectivity index (χ1) is 11.5. The summed E-state index contributed by atoms with van der Waals surface area (Å²) in [6.45, 7) is 2.03. The Bertz CT molecular complexity index is 879. The second-order valence-corrected chi connectivity index (χ2v) is 6.80. The van der Waals surface area contributed by atoms with Gasteiger partial charge in [0, 0.05) is 31.5 Å². The van der Waals surface area contributed by atoms with Crippen LogP contribution < -0.4 is 10.2 Å². The molecule has 1 N–H and O–H groups in total. The van der Waals surface area contributed by atoms with Crippen molar-refractivity contribution in [2.24, 2.45) is 0 Å². The average molecular weight is 337 g/mol. The van der Waals surface area contributed by atoms with Crippen molar-refractivity contribution in [3.63, 3.8) is 0 Å². The molecule has 0 atom stereocenters. The van der Waals surface area contributed by atoms with Gasteiger partial charge in [0.15, 0.2) is 0 Å². The van der Waals surface area contributed by atoms with Gasteiger partial charge in [-0.25, -0.2) is 4.98 Å². The van der Waals surface area contributed by atoms with Crippen LogP contribution in [0.1, 0.15) is 10.6 Å². The molecule has 0 fully saturated rings. The molecule has 1 amide bonds. The molecule has 0 saturated carbocycles. The molecule has 0 saturated heterocycles. The zero-order chi connectivity index (χ0) is 17.1. The van der Waals surface area contributed by atoms with E-state index in [1.807, 2.05) is 68.4 Å². The van der Waals surface area contributed by atoms with Crippen molar-refractivity contribution in [1.82, 2.24) is 4.98 Å². The van der Waals surface area contributed by atoms with E-state index < -0.39 is 0 Å². The van der Waals surface area contributed by atoms with Crippen molar-refractivity contribution in [2.75, 3.05) is 24.3 Å². The first-order valence-electron chi connectivity index (χ1n) is 7.65. The van der Waals surface area contributed by atoms with Crippen LogP contribution in [-0.4, -0.2) is 25.0 Å². The van der Waals surface area contributed by atoms with Crippen LogP contribution in [0, 0.1) is 6.92 Å². The number of nitrogens with one attached hydrogen (secondary N) is 1. The molecule has 0 bridgehead atoms. The number of amides is 1. The first-order valence-corrected chi connectivity index (χ1v) is 8.47. The first kappa shape index (κ1) is 16.2. The van der Waals surface area contributed by atoms with E-state index in [0.717, 1.165) is 32.2 Å². The molecule has 0 unspecified atom stereocenters. The maximum atomic E-state index is 12.1. The number of hydrogen-bond acceptors (Lipinski definition) is 4. The predicted octanol–water partition coefficient (Wildman–Crippen LogP) is 4.32. The van der Waals surface area contributed by atoms with E-state index in [1.165, 1.54) is 6.08 Å². The zero-order valence-corrected chi connectivity index (χ0v) is 14.7. The maximum absolute atomic E-state index is 12.1. The van der Waals surface area contributed by atoms with Gasteiger partial charge in [0.05, 0.1) is 10.2 Å². The number of carbonyl (C=O) groups is 1. The number of rotatable bonds is 4.